The number of ether oxygens (including phenoxy) is 1. The van der Waals surface area contributed by atoms with Crippen LogP contribution in [0.3, 0.4) is 0 Å². The first kappa shape index (κ1) is 11.3. The molecule has 1 aromatic carbocycles. The highest BCUT2D eigenvalue weighted by Gasteiger charge is 2.07. The van der Waals surface area contributed by atoms with E-state index in [1.54, 1.807) is 7.05 Å². The van der Waals surface area contributed by atoms with Crippen molar-refractivity contribution in [3.8, 4) is 11.6 Å². The second-order valence-electron chi connectivity index (χ2n) is 3.17. The van der Waals surface area contributed by atoms with Crippen LogP contribution in [0.1, 0.15) is 0 Å². The van der Waals surface area contributed by atoms with E-state index in [0.29, 0.717) is 5.82 Å². The number of aromatic nitrogens is 2. The van der Waals surface area contributed by atoms with E-state index in [4.69, 9.17) is 4.74 Å². The molecule has 17 heavy (non-hydrogen) atoms. The summed E-state index contributed by atoms with van der Waals surface area (Å²) in [7, 11) is 1.68. The van der Waals surface area contributed by atoms with Gasteiger partial charge in [-0.05, 0) is 12.1 Å². The third-order valence-electron chi connectivity index (χ3n) is 2.01. The number of anilines is 1. The molecule has 88 valence electrons. The molecule has 1 N–H and O–H groups in total. The molecule has 4 nitrogen and oxygen atoms in total. The van der Waals surface area contributed by atoms with Gasteiger partial charge in [0.2, 0.25) is 5.88 Å². The number of nitrogens with zero attached hydrogens (tertiary/aromatic N) is 2. The molecule has 0 aliphatic carbocycles. The molecule has 0 atom stereocenters. The van der Waals surface area contributed by atoms with Gasteiger partial charge < -0.3 is 10.1 Å². The lowest BCUT2D eigenvalue weighted by Crippen LogP contribution is -1.96. The maximum Gasteiger partial charge on any atom is 0.224 e. The molecule has 0 saturated heterocycles. The molecule has 2 aromatic rings. The van der Waals surface area contributed by atoms with Gasteiger partial charge in [0, 0.05) is 19.2 Å². The zero-order valence-corrected chi connectivity index (χ0v) is 8.95. The van der Waals surface area contributed by atoms with Gasteiger partial charge in [-0.2, -0.15) is 0 Å². The Kier molecular flexibility index (Phi) is 3.13. The van der Waals surface area contributed by atoms with Crippen molar-refractivity contribution in [2.75, 3.05) is 12.4 Å². The zero-order valence-electron chi connectivity index (χ0n) is 8.95. The average Bonchev–Trinajstić information content (AvgIpc) is 2.34. The van der Waals surface area contributed by atoms with Crippen LogP contribution in [0.4, 0.5) is 14.6 Å². The number of hydrogen-bond acceptors (Lipinski definition) is 4. The van der Waals surface area contributed by atoms with Crippen molar-refractivity contribution in [1.82, 2.24) is 9.97 Å². The Morgan fingerprint density at radius 3 is 2.76 bits per heavy atom. The number of halogens is 2. The maximum absolute atomic E-state index is 13.3. The second-order valence-corrected chi connectivity index (χ2v) is 3.17. The topological polar surface area (TPSA) is 47.0 Å². The number of rotatable bonds is 3. The van der Waals surface area contributed by atoms with Gasteiger partial charge >= 0.3 is 0 Å². The Morgan fingerprint density at radius 1 is 1.18 bits per heavy atom. The number of hydrogen-bond donors (Lipinski definition) is 1. The predicted octanol–water partition coefficient (Wildman–Crippen LogP) is 2.59. The van der Waals surface area contributed by atoms with Gasteiger partial charge in [0.25, 0.3) is 0 Å². The molecule has 1 heterocycles. The smallest absolute Gasteiger partial charge is 0.224 e. The largest absolute Gasteiger partial charge is 0.436 e. The number of benzene rings is 1. The van der Waals surface area contributed by atoms with Gasteiger partial charge in [-0.1, -0.05) is 0 Å². The molecular weight excluding hydrogens is 228 g/mol. The quantitative estimate of drug-likeness (QED) is 0.891. The molecule has 0 unspecified atom stereocenters. The molecule has 0 spiro atoms. The first-order chi connectivity index (χ1) is 8.19. The summed E-state index contributed by atoms with van der Waals surface area (Å²) in [5, 5.41) is 2.78. The van der Waals surface area contributed by atoms with Gasteiger partial charge in [-0.25, -0.2) is 18.7 Å². The average molecular weight is 237 g/mol. The Morgan fingerprint density at radius 2 is 2.00 bits per heavy atom. The highest BCUT2D eigenvalue weighted by atomic mass is 19.1. The fourth-order valence-electron chi connectivity index (χ4n) is 1.20. The van der Waals surface area contributed by atoms with E-state index >= 15 is 0 Å². The van der Waals surface area contributed by atoms with E-state index in [9.17, 15) is 8.78 Å². The van der Waals surface area contributed by atoms with E-state index in [1.165, 1.54) is 12.4 Å². The highest BCUT2D eigenvalue weighted by molar-refractivity contribution is 5.38. The van der Waals surface area contributed by atoms with E-state index < -0.39 is 11.6 Å². The Hall–Kier alpha value is -2.24. The maximum atomic E-state index is 13.3. The molecule has 0 saturated carbocycles. The minimum atomic E-state index is -0.656. The van der Waals surface area contributed by atoms with Crippen molar-refractivity contribution >= 4 is 5.82 Å². The third kappa shape index (κ3) is 2.66. The van der Waals surface area contributed by atoms with Crippen LogP contribution in [0.2, 0.25) is 0 Å². The summed E-state index contributed by atoms with van der Waals surface area (Å²) in [5.41, 5.74) is 0. The molecule has 0 aliphatic rings. The molecule has 0 amide bonds. The van der Waals surface area contributed by atoms with Gasteiger partial charge in [0.15, 0.2) is 11.6 Å². The summed E-state index contributed by atoms with van der Waals surface area (Å²) in [5.74, 6) is -0.799. The van der Waals surface area contributed by atoms with Crippen LogP contribution in [0, 0.1) is 11.6 Å². The van der Waals surface area contributed by atoms with Crippen LogP contribution in [0.25, 0.3) is 0 Å². The van der Waals surface area contributed by atoms with Crippen molar-refractivity contribution in [3.63, 3.8) is 0 Å². The summed E-state index contributed by atoms with van der Waals surface area (Å²) in [6, 6.07) is 4.44. The van der Waals surface area contributed by atoms with Crippen molar-refractivity contribution in [2.24, 2.45) is 0 Å². The second kappa shape index (κ2) is 4.73. The minimum Gasteiger partial charge on any atom is -0.436 e. The van der Waals surface area contributed by atoms with Crippen LogP contribution in [0.5, 0.6) is 11.6 Å². The Labute approximate surface area is 96.3 Å². The normalized spacial score (nSPS) is 10.1. The van der Waals surface area contributed by atoms with E-state index in [1.807, 2.05) is 0 Å². The van der Waals surface area contributed by atoms with Crippen molar-refractivity contribution in [2.45, 2.75) is 0 Å². The summed E-state index contributed by atoms with van der Waals surface area (Å²) in [6.07, 6.45) is 1.26. The van der Waals surface area contributed by atoms with Gasteiger partial charge in [-0.3, -0.25) is 0 Å². The molecule has 2 rings (SSSR count). The van der Waals surface area contributed by atoms with Crippen molar-refractivity contribution < 1.29 is 13.5 Å². The van der Waals surface area contributed by atoms with Crippen molar-refractivity contribution in [1.29, 1.82) is 0 Å². The molecule has 0 aliphatic heterocycles. The summed E-state index contributed by atoms with van der Waals surface area (Å²) >= 11 is 0. The molecular formula is C11H9F2N3O. The molecule has 6 heteroatoms. The Balaban J connectivity index is 2.27. The fourth-order valence-corrected chi connectivity index (χ4v) is 1.20. The molecule has 1 aromatic heterocycles. The summed E-state index contributed by atoms with van der Waals surface area (Å²) in [6.45, 7) is 0. The molecule has 0 fully saturated rings. The van der Waals surface area contributed by atoms with E-state index in [-0.39, 0.29) is 11.6 Å². The number of nitrogens with one attached hydrogen (secondary N) is 1. The monoisotopic (exact) mass is 237 g/mol. The van der Waals surface area contributed by atoms with Crippen LogP contribution in [-0.2, 0) is 0 Å². The SMILES string of the molecule is CNc1cc(Oc2cc(F)ccc2F)ncn1. The predicted molar refractivity (Wildman–Crippen MR) is 58.0 cm³/mol. The summed E-state index contributed by atoms with van der Waals surface area (Å²) < 4.78 is 31.3. The fraction of sp³-hybridized carbons (Fsp3) is 0.0909. The first-order valence-electron chi connectivity index (χ1n) is 4.82. The van der Waals surface area contributed by atoms with Gasteiger partial charge in [0.05, 0.1) is 0 Å². The standard InChI is InChI=1S/C11H9F2N3O/c1-14-10-5-11(16-6-15-10)17-9-4-7(12)2-3-8(9)13/h2-6H,1H3,(H,14,15,16). The Bertz CT molecular complexity index is 534. The zero-order chi connectivity index (χ0) is 12.3. The minimum absolute atomic E-state index is 0.133. The lowest BCUT2D eigenvalue weighted by atomic mass is 10.3. The van der Waals surface area contributed by atoms with Gasteiger partial charge in [-0.15, -0.1) is 0 Å². The highest BCUT2D eigenvalue weighted by Crippen LogP contribution is 2.24. The van der Waals surface area contributed by atoms with Crippen molar-refractivity contribution in [3.05, 3.63) is 42.2 Å². The van der Waals surface area contributed by atoms with Gasteiger partial charge in [0.1, 0.15) is 18.0 Å². The third-order valence-corrected chi connectivity index (χ3v) is 2.01. The van der Waals surface area contributed by atoms with E-state index in [2.05, 4.69) is 15.3 Å². The van der Waals surface area contributed by atoms with Crippen LogP contribution in [0.15, 0.2) is 30.6 Å². The lowest BCUT2D eigenvalue weighted by molar-refractivity contribution is 0.422. The first-order valence-corrected chi connectivity index (χ1v) is 4.82. The molecule has 0 radical (unpaired) electrons. The van der Waals surface area contributed by atoms with E-state index in [0.717, 1.165) is 18.2 Å². The van der Waals surface area contributed by atoms with Crippen LogP contribution < -0.4 is 10.1 Å². The van der Waals surface area contributed by atoms with Crippen LogP contribution >= 0.6 is 0 Å². The lowest BCUT2D eigenvalue weighted by Gasteiger charge is -2.06. The van der Waals surface area contributed by atoms with Crippen LogP contribution in [-0.4, -0.2) is 17.0 Å². The molecule has 0 bridgehead atoms. The summed E-state index contributed by atoms with van der Waals surface area (Å²) in [4.78, 5) is 7.66.